The zero-order chi connectivity index (χ0) is 15.4. The predicted octanol–water partition coefficient (Wildman–Crippen LogP) is 2.18. The van der Waals surface area contributed by atoms with Crippen LogP contribution in [-0.4, -0.2) is 37.0 Å². The lowest BCUT2D eigenvalue weighted by atomic mass is 9.93. The maximum Gasteiger partial charge on any atom is 0.219 e. The molecule has 2 rings (SSSR count). The van der Waals surface area contributed by atoms with Gasteiger partial charge in [-0.25, -0.2) is 4.39 Å². The van der Waals surface area contributed by atoms with Crippen LogP contribution in [0.15, 0.2) is 18.2 Å². The first kappa shape index (κ1) is 15.8. The predicted molar refractivity (Wildman–Crippen MR) is 79.6 cm³/mol. The molecule has 1 heterocycles. The summed E-state index contributed by atoms with van der Waals surface area (Å²) in [6.07, 6.45) is 0.930. The van der Waals surface area contributed by atoms with Crippen molar-refractivity contribution in [1.82, 2.24) is 10.2 Å². The third-order valence-corrected chi connectivity index (χ3v) is 4.14. The van der Waals surface area contributed by atoms with E-state index in [0.29, 0.717) is 18.5 Å². The molecule has 1 amide bonds. The van der Waals surface area contributed by atoms with E-state index in [2.05, 4.69) is 12.2 Å². The van der Waals surface area contributed by atoms with Crippen molar-refractivity contribution in [2.75, 3.05) is 20.2 Å². The van der Waals surface area contributed by atoms with Gasteiger partial charge in [0.25, 0.3) is 0 Å². The monoisotopic (exact) mass is 294 g/mol. The van der Waals surface area contributed by atoms with E-state index in [1.807, 2.05) is 11.0 Å². The Bertz CT molecular complexity index is 507. The fourth-order valence-electron chi connectivity index (χ4n) is 2.80. The Morgan fingerprint density at radius 3 is 2.86 bits per heavy atom. The van der Waals surface area contributed by atoms with Crippen LogP contribution in [-0.2, 0) is 11.3 Å². The van der Waals surface area contributed by atoms with Crippen LogP contribution in [0.4, 0.5) is 4.39 Å². The van der Waals surface area contributed by atoms with Gasteiger partial charge in [0.1, 0.15) is 0 Å². The molecule has 0 spiro atoms. The SMILES string of the molecule is COc1ccc(CN[C@@H]2CCN(C(C)=O)C[C@@H]2C)cc1F. The molecule has 2 atom stereocenters. The minimum absolute atomic E-state index is 0.137. The molecule has 4 nitrogen and oxygen atoms in total. The molecule has 1 aromatic rings. The first-order chi connectivity index (χ1) is 10.0. The van der Waals surface area contributed by atoms with E-state index in [1.54, 1.807) is 13.0 Å². The topological polar surface area (TPSA) is 41.6 Å². The summed E-state index contributed by atoms with van der Waals surface area (Å²) >= 11 is 0. The molecule has 1 aliphatic heterocycles. The lowest BCUT2D eigenvalue weighted by Gasteiger charge is -2.37. The van der Waals surface area contributed by atoms with Gasteiger partial charge < -0.3 is 15.0 Å². The van der Waals surface area contributed by atoms with Gasteiger partial charge in [-0.15, -0.1) is 0 Å². The number of likely N-dealkylation sites (tertiary alicyclic amines) is 1. The van der Waals surface area contributed by atoms with Gasteiger partial charge in [-0.3, -0.25) is 4.79 Å². The zero-order valence-electron chi connectivity index (χ0n) is 12.9. The van der Waals surface area contributed by atoms with Crippen LogP contribution in [0, 0.1) is 11.7 Å². The number of nitrogens with one attached hydrogen (secondary N) is 1. The van der Waals surface area contributed by atoms with Crippen LogP contribution in [0.2, 0.25) is 0 Å². The molecule has 1 fully saturated rings. The fraction of sp³-hybridized carbons (Fsp3) is 0.562. The molecule has 0 aromatic heterocycles. The number of amides is 1. The van der Waals surface area contributed by atoms with Gasteiger partial charge in [-0.2, -0.15) is 0 Å². The van der Waals surface area contributed by atoms with Gasteiger partial charge in [-0.05, 0) is 30.0 Å². The lowest BCUT2D eigenvalue weighted by Crippen LogP contribution is -2.49. The number of rotatable bonds is 4. The highest BCUT2D eigenvalue weighted by molar-refractivity contribution is 5.73. The Balaban J connectivity index is 1.89. The van der Waals surface area contributed by atoms with E-state index < -0.39 is 0 Å². The van der Waals surface area contributed by atoms with Gasteiger partial charge in [0.2, 0.25) is 5.91 Å². The third-order valence-electron chi connectivity index (χ3n) is 4.14. The summed E-state index contributed by atoms with van der Waals surface area (Å²) in [5.74, 6) is 0.460. The second-order valence-electron chi connectivity index (χ2n) is 5.69. The molecule has 1 aliphatic rings. The second-order valence-corrected chi connectivity index (χ2v) is 5.69. The molecule has 1 N–H and O–H groups in total. The van der Waals surface area contributed by atoms with Gasteiger partial charge in [0.05, 0.1) is 7.11 Å². The summed E-state index contributed by atoms with van der Waals surface area (Å²) in [6.45, 7) is 5.94. The summed E-state index contributed by atoms with van der Waals surface area (Å²) < 4.78 is 18.5. The summed E-state index contributed by atoms with van der Waals surface area (Å²) in [7, 11) is 1.46. The number of ether oxygens (including phenoxy) is 1. The van der Waals surface area contributed by atoms with Crippen molar-refractivity contribution in [3.8, 4) is 5.75 Å². The fourth-order valence-corrected chi connectivity index (χ4v) is 2.80. The van der Waals surface area contributed by atoms with Crippen LogP contribution in [0.1, 0.15) is 25.8 Å². The van der Waals surface area contributed by atoms with E-state index in [4.69, 9.17) is 4.74 Å². The standard InChI is InChI=1S/C16H23FN2O2/c1-11-10-19(12(2)20)7-6-15(11)18-9-13-4-5-16(21-3)14(17)8-13/h4-5,8,11,15,18H,6-7,9-10H2,1-3H3/t11-,15+/m0/s1. The summed E-state index contributed by atoms with van der Waals surface area (Å²) in [5, 5.41) is 3.47. The van der Waals surface area contributed by atoms with Crippen molar-refractivity contribution in [2.45, 2.75) is 32.9 Å². The van der Waals surface area contributed by atoms with E-state index in [0.717, 1.165) is 25.1 Å². The number of hydrogen-bond donors (Lipinski definition) is 1. The van der Waals surface area contributed by atoms with E-state index in [9.17, 15) is 9.18 Å². The Morgan fingerprint density at radius 2 is 2.29 bits per heavy atom. The molecule has 116 valence electrons. The van der Waals surface area contributed by atoms with Crippen LogP contribution in [0.3, 0.4) is 0 Å². The average Bonchev–Trinajstić information content (AvgIpc) is 2.46. The molecule has 1 aromatic carbocycles. The van der Waals surface area contributed by atoms with Crippen LogP contribution in [0.5, 0.6) is 5.75 Å². The van der Waals surface area contributed by atoms with Crippen molar-refractivity contribution in [3.05, 3.63) is 29.6 Å². The minimum Gasteiger partial charge on any atom is -0.494 e. The van der Waals surface area contributed by atoms with Crippen molar-refractivity contribution >= 4 is 5.91 Å². The normalized spacial score (nSPS) is 22.2. The minimum atomic E-state index is -0.337. The van der Waals surface area contributed by atoms with Gasteiger partial charge >= 0.3 is 0 Å². The van der Waals surface area contributed by atoms with Gasteiger partial charge in [-0.1, -0.05) is 13.0 Å². The average molecular weight is 294 g/mol. The number of halogens is 1. The number of benzene rings is 1. The largest absolute Gasteiger partial charge is 0.494 e. The highest BCUT2D eigenvalue weighted by Crippen LogP contribution is 2.20. The number of hydrogen-bond acceptors (Lipinski definition) is 3. The highest BCUT2D eigenvalue weighted by Gasteiger charge is 2.26. The molecule has 5 heteroatoms. The van der Waals surface area contributed by atoms with E-state index >= 15 is 0 Å². The Labute approximate surface area is 125 Å². The van der Waals surface area contributed by atoms with Crippen LogP contribution < -0.4 is 10.1 Å². The number of carbonyl (C=O) groups is 1. The summed E-state index contributed by atoms with van der Waals surface area (Å²) in [5.41, 5.74) is 0.898. The first-order valence-corrected chi connectivity index (χ1v) is 7.32. The van der Waals surface area contributed by atoms with Crippen molar-refractivity contribution in [1.29, 1.82) is 0 Å². The molecular formula is C16H23FN2O2. The molecule has 0 bridgehead atoms. The van der Waals surface area contributed by atoms with Crippen LogP contribution >= 0.6 is 0 Å². The van der Waals surface area contributed by atoms with Gasteiger partial charge in [0, 0.05) is 32.6 Å². The molecular weight excluding hydrogens is 271 g/mol. The first-order valence-electron chi connectivity index (χ1n) is 7.32. The quantitative estimate of drug-likeness (QED) is 0.925. The van der Waals surface area contributed by atoms with Crippen molar-refractivity contribution < 1.29 is 13.9 Å². The smallest absolute Gasteiger partial charge is 0.219 e. The number of piperidine rings is 1. The zero-order valence-corrected chi connectivity index (χ0v) is 12.9. The molecule has 0 saturated carbocycles. The number of nitrogens with zero attached hydrogens (tertiary/aromatic N) is 1. The Hall–Kier alpha value is -1.62. The Kier molecular flexibility index (Phi) is 5.17. The Morgan fingerprint density at radius 1 is 1.52 bits per heavy atom. The summed E-state index contributed by atoms with van der Waals surface area (Å²) in [4.78, 5) is 13.3. The highest BCUT2D eigenvalue weighted by atomic mass is 19.1. The van der Waals surface area contributed by atoms with Crippen molar-refractivity contribution in [3.63, 3.8) is 0 Å². The maximum absolute atomic E-state index is 13.6. The van der Waals surface area contributed by atoms with E-state index in [1.165, 1.54) is 13.2 Å². The lowest BCUT2D eigenvalue weighted by molar-refractivity contribution is -0.130. The molecule has 0 unspecified atom stereocenters. The second kappa shape index (κ2) is 6.89. The number of methoxy groups -OCH3 is 1. The molecule has 21 heavy (non-hydrogen) atoms. The molecule has 1 saturated heterocycles. The third kappa shape index (κ3) is 3.94. The van der Waals surface area contributed by atoms with E-state index in [-0.39, 0.29) is 17.5 Å². The number of carbonyl (C=O) groups excluding carboxylic acids is 1. The van der Waals surface area contributed by atoms with Crippen LogP contribution in [0.25, 0.3) is 0 Å². The van der Waals surface area contributed by atoms with Gasteiger partial charge in [0.15, 0.2) is 11.6 Å². The maximum atomic E-state index is 13.6. The molecule has 0 aliphatic carbocycles. The molecule has 0 radical (unpaired) electrons. The summed E-state index contributed by atoms with van der Waals surface area (Å²) in [6, 6.07) is 5.37. The van der Waals surface area contributed by atoms with Crippen molar-refractivity contribution in [2.24, 2.45) is 5.92 Å².